The summed E-state index contributed by atoms with van der Waals surface area (Å²) < 4.78 is 27.3. The predicted octanol–water partition coefficient (Wildman–Crippen LogP) is -0.663. The molecule has 1 aliphatic heterocycles. The van der Waals surface area contributed by atoms with Gasteiger partial charge in [0.1, 0.15) is 12.2 Å². The fourth-order valence-electron chi connectivity index (χ4n) is 2.23. The number of H-pyrrole nitrogens is 1. The fraction of sp³-hybridized carbons (Fsp3) is 0.636. The lowest BCUT2D eigenvalue weighted by molar-refractivity contribution is -0.0405. The van der Waals surface area contributed by atoms with E-state index in [4.69, 9.17) is 9.26 Å². The molecule has 2 heterocycles. The Balaban J connectivity index is 2.31. The van der Waals surface area contributed by atoms with Crippen LogP contribution < -0.4 is 11.2 Å². The van der Waals surface area contributed by atoms with Crippen molar-refractivity contribution >= 4 is 7.82 Å². The van der Waals surface area contributed by atoms with Crippen molar-refractivity contribution in [3.63, 3.8) is 0 Å². The number of nitrogens with zero attached hydrogens (tertiary/aromatic N) is 1. The lowest BCUT2D eigenvalue weighted by atomic mass is 10.1. The van der Waals surface area contributed by atoms with Gasteiger partial charge in [-0.05, 0) is 6.42 Å². The van der Waals surface area contributed by atoms with Crippen LogP contribution in [0.4, 0.5) is 0 Å². The number of hydrogen-bond acceptors (Lipinski definition) is 7. The minimum atomic E-state index is -4.33. The van der Waals surface area contributed by atoms with Crippen molar-refractivity contribution in [1.82, 2.24) is 9.55 Å². The Morgan fingerprint density at radius 3 is 2.73 bits per heavy atom. The van der Waals surface area contributed by atoms with Gasteiger partial charge in [0.15, 0.2) is 6.23 Å². The molecule has 1 aliphatic rings. The van der Waals surface area contributed by atoms with Crippen LogP contribution in [0.2, 0.25) is 0 Å². The molecule has 1 aromatic heterocycles. The SMILES string of the molecule is CCC1OC(n2ccc(=O)[nH]c2=O)C(O)C1OP(=O)(O)OC. The van der Waals surface area contributed by atoms with E-state index in [9.17, 15) is 24.2 Å². The molecule has 5 atom stereocenters. The lowest BCUT2D eigenvalue weighted by Gasteiger charge is -2.21. The van der Waals surface area contributed by atoms with Gasteiger partial charge in [-0.2, -0.15) is 0 Å². The van der Waals surface area contributed by atoms with Crippen molar-refractivity contribution in [2.75, 3.05) is 7.11 Å². The van der Waals surface area contributed by atoms with Crippen LogP contribution >= 0.6 is 7.82 Å². The maximum absolute atomic E-state index is 11.8. The predicted molar refractivity (Wildman–Crippen MR) is 73.2 cm³/mol. The quantitative estimate of drug-likeness (QED) is 0.602. The third-order valence-electron chi connectivity index (χ3n) is 3.32. The molecule has 1 fully saturated rings. The topological polar surface area (TPSA) is 140 Å². The molecule has 0 amide bonds. The van der Waals surface area contributed by atoms with Gasteiger partial charge in [0, 0.05) is 19.4 Å². The summed E-state index contributed by atoms with van der Waals surface area (Å²) in [6, 6.07) is 1.10. The first-order valence-electron chi connectivity index (χ1n) is 6.51. The number of rotatable bonds is 5. The first-order valence-corrected chi connectivity index (χ1v) is 8.00. The Bertz CT molecular complexity index is 685. The molecule has 2 rings (SSSR count). The van der Waals surface area contributed by atoms with E-state index in [1.807, 2.05) is 4.98 Å². The summed E-state index contributed by atoms with van der Waals surface area (Å²) in [6.07, 6.45) is -2.92. The van der Waals surface area contributed by atoms with Crippen LogP contribution in [-0.2, 0) is 18.3 Å². The minimum absolute atomic E-state index is 0.361. The number of aliphatic hydroxyl groups is 1. The first kappa shape index (κ1) is 17.1. The summed E-state index contributed by atoms with van der Waals surface area (Å²) in [6.45, 7) is 1.72. The number of aliphatic hydroxyl groups excluding tert-OH is 1. The van der Waals surface area contributed by atoms with E-state index in [0.29, 0.717) is 6.42 Å². The van der Waals surface area contributed by atoms with Crippen LogP contribution in [-0.4, -0.2) is 45.0 Å². The van der Waals surface area contributed by atoms with Gasteiger partial charge < -0.3 is 14.7 Å². The third-order valence-corrected chi connectivity index (χ3v) is 4.29. The Labute approximate surface area is 124 Å². The summed E-state index contributed by atoms with van der Waals surface area (Å²) in [5.41, 5.74) is -1.36. The van der Waals surface area contributed by atoms with Gasteiger partial charge in [0.2, 0.25) is 0 Å². The maximum atomic E-state index is 11.8. The van der Waals surface area contributed by atoms with Crippen molar-refractivity contribution in [1.29, 1.82) is 0 Å². The van der Waals surface area contributed by atoms with E-state index in [2.05, 4.69) is 4.52 Å². The second kappa shape index (κ2) is 6.45. The summed E-state index contributed by atoms with van der Waals surface area (Å²) in [5.74, 6) is 0. The fourth-order valence-corrected chi connectivity index (χ4v) is 2.89. The molecule has 124 valence electrons. The number of hydrogen-bond donors (Lipinski definition) is 3. The average Bonchev–Trinajstić information content (AvgIpc) is 2.76. The molecule has 3 N–H and O–H groups in total. The molecule has 0 radical (unpaired) electrons. The highest BCUT2D eigenvalue weighted by atomic mass is 31.2. The standard InChI is InChI=1S/C11H17N2O8P/c1-3-6-9(21-22(17,18)19-2)8(15)10(20-6)13-5-4-7(14)12-11(13)16/h4-6,8-10,15H,3H2,1-2H3,(H,17,18)(H,12,14,16). The highest BCUT2D eigenvalue weighted by Crippen LogP contribution is 2.47. The molecule has 0 spiro atoms. The van der Waals surface area contributed by atoms with Crippen LogP contribution in [0.25, 0.3) is 0 Å². The lowest BCUT2D eigenvalue weighted by Crippen LogP contribution is -2.38. The van der Waals surface area contributed by atoms with E-state index in [0.717, 1.165) is 17.7 Å². The highest BCUT2D eigenvalue weighted by molar-refractivity contribution is 7.47. The molecular weight excluding hydrogens is 319 g/mol. The molecule has 10 nitrogen and oxygen atoms in total. The number of aromatic amines is 1. The van der Waals surface area contributed by atoms with Gasteiger partial charge in [-0.3, -0.25) is 23.4 Å². The Morgan fingerprint density at radius 2 is 2.18 bits per heavy atom. The Morgan fingerprint density at radius 1 is 1.50 bits per heavy atom. The zero-order valence-corrected chi connectivity index (χ0v) is 12.8. The van der Waals surface area contributed by atoms with E-state index in [1.165, 1.54) is 6.20 Å². The Kier molecular flexibility index (Phi) is 5.00. The number of ether oxygens (including phenoxy) is 1. The maximum Gasteiger partial charge on any atom is 0.472 e. The molecule has 0 aromatic carbocycles. The zero-order chi connectivity index (χ0) is 16.5. The average molecular weight is 336 g/mol. The van der Waals surface area contributed by atoms with Gasteiger partial charge in [0.25, 0.3) is 5.56 Å². The van der Waals surface area contributed by atoms with Crippen molar-refractivity contribution in [2.45, 2.75) is 37.9 Å². The second-order valence-electron chi connectivity index (χ2n) is 4.70. The van der Waals surface area contributed by atoms with E-state index < -0.39 is 43.6 Å². The second-order valence-corrected chi connectivity index (χ2v) is 6.22. The molecule has 1 aromatic rings. The van der Waals surface area contributed by atoms with Gasteiger partial charge in [-0.25, -0.2) is 9.36 Å². The van der Waals surface area contributed by atoms with Gasteiger partial charge in [-0.15, -0.1) is 0 Å². The van der Waals surface area contributed by atoms with Crippen LogP contribution in [0, 0.1) is 0 Å². The molecule has 5 unspecified atom stereocenters. The van der Waals surface area contributed by atoms with Gasteiger partial charge in [-0.1, -0.05) is 6.92 Å². The van der Waals surface area contributed by atoms with Crippen LogP contribution in [0.3, 0.4) is 0 Å². The monoisotopic (exact) mass is 336 g/mol. The van der Waals surface area contributed by atoms with Crippen molar-refractivity contribution < 1.29 is 28.3 Å². The van der Waals surface area contributed by atoms with Crippen LogP contribution in [0.1, 0.15) is 19.6 Å². The number of aromatic nitrogens is 2. The molecule has 0 aliphatic carbocycles. The molecular formula is C11H17N2O8P. The normalized spacial score (nSPS) is 31.1. The molecule has 11 heteroatoms. The summed E-state index contributed by atoms with van der Waals surface area (Å²) in [7, 11) is -3.34. The van der Waals surface area contributed by atoms with Crippen molar-refractivity contribution in [3.05, 3.63) is 33.1 Å². The molecule has 1 saturated heterocycles. The summed E-state index contributed by atoms with van der Waals surface area (Å²) >= 11 is 0. The number of phosphoric acid groups is 1. The highest BCUT2D eigenvalue weighted by Gasteiger charge is 2.48. The first-order chi connectivity index (χ1) is 10.3. The number of phosphoric ester groups is 1. The third kappa shape index (κ3) is 3.37. The molecule has 0 bridgehead atoms. The minimum Gasteiger partial charge on any atom is -0.386 e. The van der Waals surface area contributed by atoms with Gasteiger partial charge >= 0.3 is 13.5 Å². The summed E-state index contributed by atoms with van der Waals surface area (Å²) in [5, 5.41) is 10.3. The van der Waals surface area contributed by atoms with Crippen molar-refractivity contribution in [2.24, 2.45) is 0 Å². The Hall–Kier alpha value is -1.29. The number of nitrogens with one attached hydrogen (secondary N) is 1. The van der Waals surface area contributed by atoms with Crippen molar-refractivity contribution in [3.8, 4) is 0 Å². The molecule has 22 heavy (non-hydrogen) atoms. The largest absolute Gasteiger partial charge is 0.472 e. The zero-order valence-electron chi connectivity index (χ0n) is 11.9. The van der Waals surface area contributed by atoms with E-state index in [1.54, 1.807) is 6.92 Å². The smallest absolute Gasteiger partial charge is 0.386 e. The van der Waals surface area contributed by atoms with E-state index in [-0.39, 0.29) is 0 Å². The van der Waals surface area contributed by atoms with E-state index >= 15 is 0 Å². The summed E-state index contributed by atoms with van der Waals surface area (Å²) in [4.78, 5) is 34.3. The van der Waals surface area contributed by atoms with Crippen LogP contribution in [0.15, 0.2) is 21.9 Å². The molecule has 0 saturated carbocycles. The van der Waals surface area contributed by atoms with Crippen LogP contribution in [0.5, 0.6) is 0 Å². The van der Waals surface area contributed by atoms with Gasteiger partial charge in [0.05, 0.1) is 6.10 Å².